The van der Waals surface area contributed by atoms with Gasteiger partial charge in [0.15, 0.2) is 0 Å². The quantitative estimate of drug-likeness (QED) is 0.702. The van der Waals surface area contributed by atoms with Gasteiger partial charge in [0, 0.05) is 18.0 Å². The van der Waals surface area contributed by atoms with E-state index in [1.807, 2.05) is 30.3 Å². The van der Waals surface area contributed by atoms with Gasteiger partial charge in [-0.05, 0) is 36.1 Å². The van der Waals surface area contributed by atoms with E-state index in [1.165, 1.54) is 4.90 Å². The lowest BCUT2D eigenvalue weighted by Crippen LogP contribution is -2.51. The summed E-state index contributed by atoms with van der Waals surface area (Å²) in [6, 6.07) is 14.2. The lowest BCUT2D eigenvalue weighted by atomic mass is 10.1. The number of carbonyl (C=O) groups excluding carboxylic acids is 2. The first-order valence-electron chi connectivity index (χ1n) is 9.69. The molecule has 1 fully saturated rings. The molecule has 0 unspecified atom stereocenters. The second kappa shape index (κ2) is 10.1. The highest BCUT2D eigenvalue weighted by Gasteiger charge is 2.36. The van der Waals surface area contributed by atoms with Crippen LogP contribution in [0.3, 0.4) is 0 Å². The van der Waals surface area contributed by atoms with Crippen LogP contribution in [-0.2, 0) is 27.4 Å². The molecule has 158 valence electrons. The standard InChI is InChI=1S/C22H23ClN2O5/c23-17-10-8-15(9-11-17)13-18(21(27)28)24-20(26)19-7-4-12-25(19)22(29)30-14-16-5-2-1-3-6-16/h1-3,5-6,8-11,18-19H,4,7,12-14H2,(H,24,26)(H,27,28)/t18-,19-/m1/s1. The molecule has 0 spiro atoms. The van der Waals surface area contributed by atoms with E-state index in [1.54, 1.807) is 24.3 Å². The van der Waals surface area contributed by atoms with Crippen LogP contribution in [0, 0.1) is 0 Å². The van der Waals surface area contributed by atoms with Gasteiger partial charge in [0.25, 0.3) is 0 Å². The molecule has 0 aliphatic carbocycles. The van der Waals surface area contributed by atoms with Crippen molar-refractivity contribution in [2.75, 3.05) is 6.54 Å². The molecular formula is C22H23ClN2O5. The lowest BCUT2D eigenvalue weighted by molar-refractivity contribution is -0.142. The van der Waals surface area contributed by atoms with Gasteiger partial charge >= 0.3 is 12.1 Å². The van der Waals surface area contributed by atoms with Crippen molar-refractivity contribution in [1.82, 2.24) is 10.2 Å². The summed E-state index contributed by atoms with van der Waals surface area (Å²) in [7, 11) is 0. The Kier molecular flexibility index (Phi) is 7.30. The molecule has 2 amide bonds. The second-order valence-electron chi connectivity index (χ2n) is 7.12. The summed E-state index contributed by atoms with van der Waals surface area (Å²) >= 11 is 5.86. The van der Waals surface area contributed by atoms with Gasteiger partial charge in [0.05, 0.1) is 0 Å². The fourth-order valence-electron chi connectivity index (χ4n) is 3.38. The Morgan fingerprint density at radius 3 is 2.47 bits per heavy atom. The van der Waals surface area contributed by atoms with Crippen molar-refractivity contribution >= 4 is 29.6 Å². The van der Waals surface area contributed by atoms with Crippen molar-refractivity contribution in [3.63, 3.8) is 0 Å². The van der Waals surface area contributed by atoms with Crippen LogP contribution in [0.5, 0.6) is 0 Å². The number of nitrogens with zero attached hydrogens (tertiary/aromatic N) is 1. The molecule has 1 aliphatic heterocycles. The summed E-state index contributed by atoms with van der Waals surface area (Å²) in [5, 5.41) is 12.6. The Morgan fingerprint density at radius 2 is 1.80 bits per heavy atom. The third-order valence-electron chi connectivity index (χ3n) is 4.96. The minimum absolute atomic E-state index is 0.110. The van der Waals surface area contributed by atoms with Crippen molar-refractivity contribution in [2.45, 2.75) is 38.0 Å². The zero-order valence-corrected chi connectivity index (χ0v) is 17.0. The predicted octanol–water partition coefficient (Wildman–Crippen LogP) is 3.25. The molecule has 1 saturated heterocycles. The van der Waals surface area contributed by atoms with Crippen molar-refractivity contribution in [3.8, 4) is 0 Å². The largest absolute Gasteiger partial charge is 0.480 e. The number of amides is 2. The number of benzene rings is 2. The van der Waals surface area contributed by atoms with Crippen molar-refractivity contribution in [1.29, 1.82) is 0 Å². The molecule has 1 aliphatic rings. The van der Waals surface area contributed by atoms with E-state index in [0.717, 1.165) is 11.1 Å². The van der Waals surface area contributed by atoms with E-state index in [2.05, 4.69) is 5.32 Å². The first kappa shape index (κ1) is 21.6. The first-order chi connectivity index (χ1) is 14.4. The number of ether oxygens (including phenoxy) is 1. The van der Waals surface area contributed by atoms with Gasteiger partial charge in [0.2, 0.25) is 5.91 Å². The number of halogens is 1. The molecule has 0 saturated carbocycles. The number of carbonyl (C=O) groups is 3. The molecule has 2 aromatic rings. The summed E-state index contributed by atoms with van der Waals surface area (Å²) < 4.78 is 5.33. The summed E-state index contributed by atoms with van der Waals surface area (Å²) in [4.78, 5) is 38.2. The molecule has 30 heavy (non-hydrogen) atoms. The Hall–Kier alpha value is -3.06. The molecule has 7 nitrogen and oxygen atoms in total. The number of rotatable bonds is 7. The topological polar surface area (TPSA) is 95.9 Å². The highest BCUT2D eigenvalue weighted by molar-refractivity contribution is 6.30. The highest BCUT2D eigenvalue weighted by atomic mass is 35.5. The van der Waals surface area contributed by atoms with Gasteiger partial charge in [-0.3, -0.25) is 9.69 Å². The number of nitrogens with one attached hydrogen (secondary N) is 1. The number of hydrogen-bond donors (Lipinski definition) is 2. The molecule has 2 aromatic carbocycles. The lowest BCUT2D eigenvalue weighted by Gasteiger charge is -2.25. The van der Waals surface area contributed by atoms with Crippen molar-refractivity contribution in [2.24, 2.45) is 0 Å². The van der Waals surface area contributed by atoms with Gasteiger partial charge in [-0.25, -0.2) is 9.59 Å². The maximum atomic E-state index is 12.7. The summed E-state index contributed by atoms with van der Waals surface area (Å²) in [6.45, 7) is 0.499. The van der Waals surface area contributed by atoms with Crippen LogP contribution in [0.1, 0.15) is 24.0 Å². The van der Waals surface area contributed by atoms with Crippen LogP contribution in [0.15, 0.2) is 54.6 Å². The van der Waals surface area contributed by atoms with Crippen LogP contribution in [0.25, 0.3) is 0 Å². The van der Waals surface area contributed by atoms with Gasteiger partial charge in [-0.1, -0.05) is 54.1 Å². The highest BCUT2D eigenvalue weighted by Crippen LogP contribution is 2.20. The van der Waals surface area contributed by atoms with Crippen LogP contribution in [0.2, 0.25) is 5.02 Å². The normalized spacial score (nSPS) is 16.7. The molecule has 8 heteroatoms. The molecule has 2 N–H and O–H groups in total. The van der Waals surface area contributed by atoms with E-state index in [4.69, 9.17) is 16.3 Å². The predicted molar refractivity (Wildman–Crippen MR) is 111 cm³/mol. The smallest absolute Gasteiger partial charge is 0.410 e. The maximum Gasteiger partial charge on any atom is 0.410 e. The molecular weight excluding hydrogens is 408 g/mol. The third kappa shape index (κ3) is 5.73. The summed E-state index contributed by atoms with van der Waals surface area (Å²) in [6.07, 6.45) is 0.636. The minimum Gasteiger partial charge on any atom is -0.480 e. The van der Waals surface area contributed by atoms with Crippen molar-refractivity contribution < 1.29 is 24.2 Å². The SMILES string of the molecule is O=C(N[C@H](Cc1ccc(Cl)cc1)C(=O)O)[C@H]1CCCN1C(=O)OCc1ccccc1. The van der Waals surface area contributed by atoms with E-state index >= 15 is 0 Å². The fraction of sp³-hybridized carbons (Fsp3) is 0.318. The van der Waals surface area contributed by atoms with Gasteiger partial charge in [-0.15, -0.1) is 0 Å². The zero-order chi connectivity index (χ0) is 21.5. The average Bonchev–Trinajstić information content (AvgIpc) is 3.24. The zero-order valence-electron chi connectivity index (χ0n) is 16.3. The second-order valence-corrected chi connectivity index (χ2v) is 7.56. The van der Waals surface area contributed by atoms with E-state index < -0.39 is 30.1 Å². The molecule has 2 atom stereocenters. The summed E-state index contributed by atoms with van der Waals surface area (Å²) in [5.41, 5.74) is 1.58. The third-order valence-corrected chi connectivity index (χ3v) is 5.21. The van der Waals surface area contributed by atoms with Crippen molar-refractivity contribution in [3.05, 3.63) is 70.7 Å². The molecule has 3 rings (SSSR count). The molecule has 0 bridgehead atoms. The van der Waals surface area contributed by atoms with Crippen LogP contribution in [0.4, 0.5) is 4.79 Å². The average molecular weight is 431 g/mol. The minimum atomic E-state index is -1.14. The maximum absolute atomic E-state index is 12.7. The Labute approximate surface area is 179 Å². The number of likely N-dealkylation sites (tertiary alicyclic amines) is 1. The molecule has 0 aromatic heterocycles. The van der Waals surface area contributed by atoms with E-state index in [0.29, 0.717) is 24.4 Å². The number of aliphatic carboxylic acids is 1. The van der Waals surface area contributed by atoms with Crippen LogP contribution in [-0.4, -0.2) is 46.6 Å². The molecule has 0 radical (unpaired) electrons. The number of carboxylic acid groups (broad SMARTS) is 1. The Bertz CT molecular complexity index is 888. The number of carboxylic acids is 1. The van der Waals surface area contributed by atoms with Gasteiger partial charge in [-0.2, -0.15) is 0 Å². The molecule has 1 heterocycles. The van der Waals surface area contributed by atoms with E-state index in [-0.39, 0.29) is 13.0 Å². The van der Waals surface area contributed by atoms with Gasteiger partial charge in [0.1, 0.15) is 18.7 Å². The first-order valence-corrected chi connectivity index (χ1v) is 10.1. The van der Waals surface area contributed by atoms with Gasteiger partial charge < -0.3 is 15.2 Å². The Morgan fingerprint density at radius 1 is 1.10 bits per heavy atom. The van der Waals surface area contributed by atoms with Crippen LogP contribution >= 0.6 is 11.6 Å². The monoisotopic (exact) mass is 430 g/mol. The Balaban J connectivity index is 1.59. The number of hydrogen-bond acceptors (Lipinski definition) is 4. The van der Waals surface area contributed by atoms with Crippen LogP contribution < -0.4 is 5.32 Å². The summed E-state index contributed by atoms with van der Waals surface area (Å²) in [5.74, 6) is -1.64. The fourth-order valence-corrected chi connectivity index (χ4v) is 3.51. The van der Waals surface area contributed by atoms with E-state index in [9.17, 15) is 19.5 Å².